The summed E-state index contributed by atoms with van der Waals surface area (Å²) < 4.78 is 50.5. The molecule has 12 heteroatoms. The standard InChI is InChI=1S/C22H26FN5O5S/c1-22(2,3)33-21(29)27-9-7-14(8-10-27)28-19-16(12-26-28)20(25-13-24-19)32-15-5-6-18(17(23)11-15)34(4,30)31/h5-6,11-14H,7-10H2,1-4H3. The first-order valence-electron chi connectivity index (χ1n) is 10.8. The van der Waals surface area contributed by atoms with Crippen LogP contribution in [0.2, 0.25) is 0 Å². The first-order chi connectivity index (χ1) is 15.9. The molecule has 0 saturated carbocycles. The summed E-state index contributed by atoms with van der Waals surface area (Å²) in [4.78, 5) is 22.1. The van der Waals surface area contributed by atoms with Gasteiger partial charge in [-0.3, -0.25) is 0 Å². The summed E-state index contributed by atoms with van der Waals surface area (Å²) >= 11 is 0. The molecule has 0 unspecified atom stereocenters. The van der Waals surface area contributed by atoms with Crippen LogP contribution < -0.4 is 4.74 Å². The molecule has 3 heterocycles. The Balaban J connectivity index is 1.51. The van der Waals surface area contributed by atoms with E-state index in [-0.39, 0.29) is 23.8 Å². The van der Waals surface area contributed by atoms with Crippen LogP contribution in [-0.2, 0) is 14.6 Å². The summed E-state index contributed by atoms with van der Waals surface area (Å²) in [6.45, 7) is 6.56. The molecular weight excluding hydrogens is 465 g/mol. The van der Waals surface area contributed by atoms with Crippen LogP contribution in [0.3, 0.4) is 0 Å². The van der Waals surface area contributed by atoms with Crippen molar-refractivity contribution in [2.45, 2.75) is 50.2 Å². The van der Waals surface area contributed by atoms with E-state index in [4.69, 9.17) is 9.47 Å². The van der Waals surface area contributed by atoms with Crippen molar-refractivity contribution < 1.29 is 27.1 Å². The van der Waals surface area contributed by atoms with E-state index in [2.05, 4.69) is 15.1 Å². The quantitative estimate of drug-likeness (QED) is 0.542. The van der Waals surface area contributed by atoms with Crippen LogP contribution in [0.15, 0.2) is 35.6 Å². The van der Waals surface area contributed by atoms with E-state index in [1.165, 1.54) is 12.4 Å². The number of carbonyl (C=O) groups is 1. The van der Waals surface area contributed by atoms with Gasteiger partial charge in [-0.25, -0.2) is 32.3 Å². The second kappa shape index (κ2) is 8.82. The van der Waals surface area contributed by atoms with Gasteiger partial charge in [0, 0.05) is 25.4 Å². The summed E-state index contributed by atoms with van der Waals surface area (Å²) in [6, 6.07) is 3.54. The minimum Gasteiger partial charge on any atom is -0.444 e. The summed E-state index contributed by atoms with van der Waals surface area (Å²) in [5.74, 6) is -0.630. The summed E-state index contributed by atoms with van der Waals surface area (Å²) in [7, 11) is -3.69. The molecule has 34 heavy (non-hydrogen) atoms. The maximum atomic E-state index is 14.2. The molecule has 1 aliphatic heterocycles. The van der Waals surface area contributed by atoms with Crippen LogP contribution in [0.5, 0.6) is 11.6 Å². The van der Waals surface area contributed by atoms with Crippen molar-refractivity contribution in [1.82, 2.24) is 24.6 Å². The molecule has 10 nitrogen and oxygen atoms in total. The van der Waals surface area contributed by atoms with Crippen molar-refractivity contribution >= 4 is 27.0 Å². The lowest BCUT2D eigenvalue weighted by atomic mass is 10.1. The third-order valence-electron chi connectivity index (χ3n) is 5.33. The topological polar surface area (TPSA) is 117 Å². The maximum absolute atomic E-state index is 14.2. The Bertz CT molecular complexity index is 1330. The number of carbonyl (C=O) groups excluding carboxylic acids is 1. The Hall–Kier alpha value is -3.28. The molecule has 1 saturated heterocycles. The number of aromatic nitrogens is 4. The Morgan fingerprint density at radius 1 is 1.18 bits per heavy atom. The van der Waals surface area contributed by atoms with Gasteiger partial charge in [-0.05, 0) is 45.7 Å². The van der Waals surface area contributed by atoms with E-state index < -0.39 is 26.2 Å². The van der Waals surface area contributed by atoms with Gasteiger partial charge < -0.3 is 14.4 Å². The minimum atomic E-state index is -3.69. The van der Waals surface area contributed by atoms with E-state index in [9.17, 15) is 17.6 Å². The SMILES string of the molecule is CC(C)(C)OC(=O)N1CCC(n2ncc3c(Oc4ccc(S(C)(=O)=O)c(F)c4)ncnc32)CC1. The zero-order valence-corrected chi connectivity index (χ0v) is 20.2. The number of rotatable bonds is 4. The Morgan fingerprint density at radius 3 is 2.50 bits per heavy atom. The second-order valence-corrected chi connectivity index (χ2v) is 11.2. The van der Waals surface area contributed by atoms with Crippen LogP contribution in [0, 0.1) is 5.82 Å². The largest absolute Gasteiger partial charge is 0.444 e. The molecule has 0 spiro atoms. The van der Waals surface area contributed by atoms with Gasteiger partial charge in [-0.1, -0.05) is 0 Å². The zero-order chi connectivity index (χ0) is 24.7. The van der Waals surface area contributed by atoms with Crippen molar-refractivity contribution in [1.29, 1.82) is 0 Å². The highest BCUT2D eigenvalue weighted by atomic mass is 32.2. The normalized spacial score (nSPS) is 15.5. The second-order valence-electron chi connectivity index (χ2n) is 9.17. The fourth-order valence-corrected chi connectivity index (χ4v) is 4.49. The Labute approximate surface area is 196 Å². The lowest BCUT2D eigenvalue weighted by Crippen LogP contribution is -2.42. The zero-order valence-electron chi connectivity index (χ0n) is 19.4. The van der Waals surface area contributed by atoms with Gasteiger partial charge in [0.25, 0.3) is 0 Å². The number of hydrogen-bond acceptors (Lipinski definition) is 8. The fourth-order valence-electron chi connectivity index (χ4n) is 3.77. The van der Waals surface area contributed by atoms with Crippen molar-refractivity contribution in [2.24, 2.45) is 0 Å². The molecule has 0 aliphatic carbocycles. The molecule has 4 rings (SSSR count). The predicted molar refractivity (Wildman–Crippen MR) is 121 cm³/mol. The smallest absolute Gasteiger partial charge is 0.410 e. The first kappa shape index (κ1) is 23.9. The maximum Gasteiger partial charge on any atom is 0.410 e. The van der Waals surface area contributed by atoms with Gasteiger partial charge in [0.1, 0.15) is 33.8 Å². The molecule has 0 atom stereocenters. The Morgan fingerprint density at radius 2 is 1.88 bits per heavy atom. The molecule has 1 amide bonds. The third kappa shape index (κ3) is 5.11. The number of nitrogens with zero attached hydrogens (tertiary/aromatic N) is 5. The number of ether oxygens (including phenoxy) is 2. The van der Waals surface area contributed by atoms with Crippen molar-refractivity contribution in [3.63, 3.8) is 0 Å². The van der Waals surface area contributed by atoms with Crippen LogP contribution in [-0.4, -0.2) is 64.1 Å². The van der Waals surface area contributed by atoms with Gasteiger partial charge in [0.15, 0.2) is 15.5 Å². The predicted octanol–water partition coefficient (Wildman–Crippen LogP) is 3.73. The molecule has 0 radical (unpaired) electrons. The van der Waals surface area contributed by atoms with E-state index in [0.29, 0.717) is 37.0 Å². The molecule has 2 aromatic heterocycles. The highest BCUT2D eigenvalue weighted by Gasteiger charge is 2.29. The Kier molecular flexibility index (Phi) is 6.19. The van der Waals surface area contributed by atoms with Crippen molar-refractivity contribution in [2.75, 3.05) is 19.3 Å². The number of fused-ring (bicyclic) bond motifs is 1. The molecule has 1 fully saturated rings. The average Bonchev–Trinajstić information content (AvgIpc) is 3.17. The average molecular weight is 492 g/mol. The van der Waals surface area contributed by atoms with Gasteiger partial charge >= 0.3 is 6.09 Å². The van der Waals surface area contributed by atoms with Gasteiger partial charge in [-0.15, -0.1) is 0 Å². The molecule has 1 aliphatic rings. The molecule has 1 aromatic carbocycles. The highest BCUT2D eigenvalue weighted by Crippen LogP contribution is 2.31. The lowest BCUT2D eigenvalue weighted by Gasteiger charge is -2.33. The number of sulfone groups is 1. The summed E-state index contributed by atoms with van der Waals surface area (Å²) in [6.07, 6.45) is 4.86. The van der Waals surface area contributed by atoms with Gasteiger partial charge in [-0.2, -0.15) is 5.10 Å². The fraction of sp³-hybridized carbons (Fsp3) is 0.455. The minimum absolute atomic E-state index is 0.0189. The molecular formula is C22H26FN5O5S. The van der Waals surface area contributed by atoms with Crippen molar-refractivity contribution in [3.05, 3.63) is 36.5 Å². The van der Waals surface area contributed by atoms with Crippen LogP contribution in [0.1, 0.15) is 39.7 Å². The van der Waals surface area contributed by atoms with E-state index >= 15 is 0 Å². The number of halogens is 1. The summed E-state index contributed by atoms with van der Waals surface area (Å²) in [5.41, 5.74) is 0.00181. The lowest BCUT2D eigenvalue weighted by molar-refractivity contribution is 0.0186. The number of likely N-dealkylation sites (tertiary alicyclic amines) is 1. The van der Waals surface area contributed by atoms with Crippen molar-refractivity contribution in [3.8, 4) is 11.6 Å². The number of hydrogen-bond donors (Lipinski definition) is 0. The first-order valence-corrected chi connectivity index (χ1v) is 12.6. The molecule has 182 valence electrons. The van der Waals surface area contributed by atoms with Gasteiger partial charge in [0.05, 0.1) is 12.2 Å². The number of piperidine rings is 1. The summed E-state index contributed by atoms with van der Waals surface area (Å²) in [5, 5.41) is 4.99. The van der Waals surface area contributed by atoms with Crippen LogP contribution >= 0.6 is 0 Å². The monoisotopic (exact) mass is 491 g/mol. The molecule has 3 aromatic rings. The molecule has 0 bridgehead atoms. The number of amides is 1. The van der Waals surface area contributed by atoms with E-state index in [0.717, 1.165) is 18.4 Å². The molecule has 0 N–H and O–H groups in total. The highest BCUT2D eigenvalue weighted by molar-refractivity contribution is 7.90. The van der Waals surface area contributed by atoms with E-state index in [1.54, 1.807) is 15.8 Å². The van der Waals surface area contributed by atoms with Crippen LogP contribution in [0.25, 0.3) is 11.0 Å². The van der Waals surface area contributed by atoms with Gasteiger partial charge in [0.2, 0.25) is 5.88 Å². The van der Waals surface area contributed by atoms with Crippen LogP contribution in [0.4, 0.5) is 9.18 Å². The number of benzene rings is 1. The van der Waals surface area contributed by atoms with E-state index in [1.807, 2.05) is 20.8 Å². The third-order valence-corrected chi connectivity index (χ3v) is 6.46.